The van der Waals surface area contributed by atoms with Gasteiger partial charge in [-0.15, -0.1) is 10.2 Å². The summed E-state index contributed by atoms with van der Waals surface area (Å²) in [5.74, 6) is 1.21. The van der Waals surface area contributed by atoms with E-state index in [1.165, 1.54) is 14.2 Å². The number of carbonyl (C=O) groups is 1. The first kappa shape index (κ1) is 19.4. The lowest BCUT2D eigenvalue weighted by molar-refractivity contribution is 0.102. The minimum absolute atomic E-state index is 0.283. The van der Waals surface area contributed by atoms with Crippen LogP contribution < -0.4 is 20.1 Å². The third kappa shape index (κ3) is 4.32. The Balaban J connectivity index is 1.74. The molecule has 2 aromatic carbocycles. The van der Waals surface area contributed by atoms with Crippen molar-refractivity contribution in [1.29, 1.82) is 0 Å². The number of anilines is 3. The van der Waals surface area contributed by atoms with Gasteiger partial charge in [-0.05, 0) is 48.9 Å². The molecule has 0 atom stereocenters. The number of rotatable bonds is 6. The van der Waals surface area contributed by atoms with Gasteiger partial charge in [0.2, 0.25) is 0 Å². The maximum atomic E-state index is 12.6. The van der Waals surface area contributed by atoms with Crippen molar-refractivity contribution in [2.45, 2.75) is 6.92 Å². The highest BCUT2D eigenvalue weighted by Crippen LogP contribution is 2.29. The predicted molar refractivity (Wildman–Crippen MR) is 109 cm³/mol. The fraction of sp³-hybridized carbons (Fsp3) is 0.150. The van der Waals surface area contributed by atoms with Gasteiger partial charge in [0.1, 0.15) is 17.1 Å². The van der Waals surface area contributed by atoms with Crippen molar-refractivity contribution in [1.82, 2.24) is 10.2 Å². The smallest absolute Gasteiger partial charge is 0.264 e. The molecule has 3 rings (SSSR count). The Morgan fingerprint density at radius 3 is 2.18 bits per heavy atom. The van der Waals surface area contributed by atoms with Gasteiger partial charge >= 0.3 is 0 Å². The molecule has 7 nitrogen and oxygen atoms in total. The molecular weight excluding hydrogens is 380 g/mol. The van der Waals surface area contributed by atoms with Gasteiger partial charge in [0, 0.05) is 10.7 Å². The fourth-order valence-corrected chi connectivity index (χ4v) is 2.72. The van der Waals surface area contributed by atoms with Crippen molar-refractivity contribution in [3.05, 3.63) is 64.7 Å². The lowest BCUT2D eigenvalue weighted by atomic mass is 10.1. The molecular formula is C20H19ClN4O3. The van der Waals surface area contributed by atoms with Crippen LogP contribution in [0.1, 0.15) is 15.9 Å². The molecule has 0 aliphatic heterocycles. The van der Waals surface area contributed by atoms with Crippen LogP contribution in [0.5, 0.6) is 11.5 Å². The van der Waals surface area contributed by atoms with E-state index >= 15 is 0 Å². The topological polar surface area (TPSA) is 85.4 Å². The van der Waals surface area contributed by atoms with Gasteiger partial charge in [-0.3, -0.25) is 4.79 Å². The standard InChI is InChI=1S/C20H19ClN4O3/c1-12-7-8-13(11-14(12)21)22-17-9-10-18(25-24-17)23-20(26)19-15(27-2)5-4-6-16(19)28-3/h4-11H,1-3H3,(H,22,24)(H,23,25,26). The summed E-state index contributed by atoms with van der Waals surface area (Å²) in [7, 11) is 2.98. The highest BCUT2D eigenvalue weighted by atomic mass is 35.5. The van der Waals surface area contributed by atoms with E-state index in [9.17, 15) is 4.79 Å². The van der Waals surface area contributed by atoms with Crippen LogP contribution in [0.2, 0.25) is 5.02 Å². The van der Waals surface area contributed by atoms with Crippen molar-refractivity contribution in [3.63, 3.8) is 0 Å². The molecule has 0 unspecified atom stereocenters. The third-order valence-corrected chi connectivity index (χ3v) is 4.41. The Labute approximate surface area is 167 Å². The molecule has 0 saturated heterocycles. The lowest BCUT2D eigenvalue weighted by Gasteiger charge is -2.12. The number of halogens is 1. The Bertz CT molecular complexity index is 971. The van der Waals surface area contributed by atoms with E-state index in [-0.39, 0.29) is 5.56 Å². The molecule has 0 fully saturated rings. The number of ether oxygens (including phenoxy) is 2. The van der Waals surface area contributed by atoms with Crippen molar-refractivity contribution in [3.8, 4) is 11.5 Å². The van der Waals surface area contributed by atoms with Crippen LogP contribution in [0.4, 0.5) is 17.3 Å². The summed E-state index contributed by atoms with van der Waals surface area (Å²) in [5, 5.41) is 14.6. The second-order valence-electron chi connectivity index (χ2n) is 5.88. The van der Waals surface area contributed by atoms with Gasteiger partial charge in [-0.25, -0.2) is 0 Å². The predicted octanol–water partition coefficient (Wildman–Crippen LogP) is 4.45. The number of aromatic nitrogens is 2. The van der Waals surface area contributed by atoms with Crippen molar-refractivity contribution < 1.29 is 14.3 Å². The van der Waals surface area contributed by atoms with Crippen molar-refractivity contribution in [2.24, 2.45) is 0 Å². The second kappa shape index (κ2) is 8.58. The highest BCUT2D eigenvalue weighted by Gasteiger charge is 2.18. The lowest BCUT2D eigenvalue weighted by Crippen LogP contribution is -2.15. The molecule has 0 aliphatic rings. The first-order valence-electron chi connectivity index (χ1n) is 8.41. The van der Waals surface area contributed by atoms with Crippen LogP contribution in [0.25, 0.3) is 0 Å². The summed E-state index contributed by atoms with van der Waals surface area (Å²) in [6, 6.07) is 14.1. The monoisotopic (exact) mass is 398 g/mol. The Kier molecular flexibility index (Phi) is 5.96. The van der Waals surface area contributed by atoms with Gasteiger partial charge in [-0.2, -0.15) is 0 Å². The van der Waals surface area contributed by atoms with Crippen LogP contribution in [0.15, 0.2) is 48.5 Å². The molecule has 0 spiro atoms. The molecule has 1 heterocycles. The summed E-state index contributed by atoms with van der Waals surface area (Å²) in [4.78, 5) is 12.6. The molecule has 2 N–H and O–H groups in total. The number of hydrogen-bond acceptors (Lipinski definition) is 6. The molecule has 28 heavy (non-hydrogen) atoms. The third-order valence-electron chi connectivity index (χ3n) is 4.01. The molecule has 0 radical (unpaired) electrons. The van der Waals surface area contributed by atoms with Crippen LogP contribution in [-0.2, 0) is 0 Å². The summed E-state index contributed by atoms with van der Waals surface area (Å²) >= 11 is 6.13. The van der Waals surface area contributed by atoms with Gasteiger partial charge < -0.3 is 20.1 Å². The zero-order valence-corrected chi connectivity index (χ0v) is 16.4. The maximum absolute atomic E-state index is 12.6. The van der Waals surface area contributed by atoms with E-state index in [0.29, 0.717) is 28.2 Å². The van der Waals surface area contributed by atoms with E-state index in [1.807, 2.05) is 25.1 Å². The highest BCUT2D eigenvalue weighted by molar-refractivity contribution is 6.31. The second-order valence-corrected chi connectivity index (χ2v) is 6.29. The van der Waals surface area contributed by atoms with Crippen LogP contribution >= 0.6 is 11.6 Å². The van der Waals surface area contributed by atoms with E-state index < -0.39 is 5.91 Å². The van der Waals surface area contributed by atoms with E-state index in [4.69, 9.17) is 21.1 Å². The Hall–Kier alpha value is -3.32. The van der Waals surface area contributed by atoms with Gasteiger partial charge in [0.15, 0.2) is 11.6 Å². The fourth-order valence-electron chi connectivity index (χ4n) is 2.54. The Morgan fingerprint density at radius 2 is 1.61 bits per heavy atom. The number of benzene rings is 2. The maximum Gasteiger partial charge on any atom is 0.264 e. The van der Waals surface area contributed by atoms with E-state index in [1.54, 1.807) is 30.3 Å². The van der Waals surface area contributed by atoms with Crippen LogP contribution in [0, 0.1) is 6.92 Å². The van der Waals surface area contributed by atoms with Gasteiger partial charge in [0.05, 0.1) is 14.2 Å². The Morgan fingerprint density at radius 1 is 0.964 bits per heavy atom. The number of methoxy groups -OCH3 is 2. The number of nitrogens with zero attached hydrogens (tertiary/aromatic N) is 2. The molecule has 1 aromatic heterocycles. The number of carbonyl (C=O) groups excluding carboxylic acids is 1. The van der Waals surface area contributed by atoms with Gasteiger partial charge in [0.25, 0.3) is 5.91 Å². The minimum Gasteiger partial charge on any atom is -0.496 e. The first-order chi connectivity index (χ1) is 13.5. The van der Waals surface area contributed by atoms with Gasteiger partial charge in [-0.1, -0.05) is 23.7 Å². The molecule has 1 amide bonds. The number of aryl methyl sites for hydroxylation is 1. The SMILES string of the molecule is COc1cccc(OC)c1C(=O)Nc1ccc(Nc2ccc(C)c(Cl)c2)nn1. The summed E-state index contributed by atoms with van der Waals surface area (Å²) < 4.78 is 10.5. The summed E-state index contributed by atoms with van der Waals surface area (Å²) in [6.45, 7) is 1.93. The van der Waals surface area contributed by atoms with Crippen LogP contribution in [-0.4, -0.2) is 30.3 Å². The van der Waals surface area contributed by atoms with E-state index in [0.717, 1.165) is 11.3 Å². The normalized spacial score (nSPS) is 10.3. The van der Waals surface area contributed by atoms with Crippen molar-refractivity contribution >= 4 is 34.8 Å². The molecule has 0 bridgehead atoms. The summed E-state index contributed by atoms with van der Waals surface area (Å²) in [5.41, 5.74) is 2.06. The van der Waals surface area contributed by atoms with E-state index in [2.05, 4.69) is 20.8 Å². The number of amides is 1. The number of hydrogen-bond donors (Lipinski definition) is 2. The zero-order chi connectivity index (χ0) is 20.1. The molecule has 8 heteroatoms. The molecule has 144 valence electrons. The zero-order valence-electron chi connectivity index (χ0n) is 15.6. The average molecular weight is 399 g/mol. The average Bonchev–Trinajstić information content (AvgIpc) is 2.71. The first-order valence-corrected chi connectivity index (χ1v) is 8.79. The summed E-state index contributed by atoms with van der Waals surface area (Å²) in [6.07, 6.45) is 0. The quantitative estimate of drug-likeness (QED) is 0.638. The van der Waals surface area contributed by atoms with Crippen molar-refractivity contribution in [2.75, 3.05) is 24.9 Å². The molecule has 0 saturated carbocycles. The minimum atomic E-state index is -0.408. The van der Waals surface area contributed by atoms with Crippen LogP contribution in [0.3, 0.4) is 0 Å². The largest absolute Gasteiger partial charge is 0.496 e. The molecule has 0 aliphatic carbocycles. The number of nitrogens with one attached hydrogen (secondary N) is 2. The molecule has 3 aromatic rings.